The van der Waals surface area contributed by atoms with Gasteiger partial charge >= 0.3 is 12.0 Å². The van der Waals surface area contributed by atoms with E-state index in [1.54, 1.807) is 9.80 Å². The lowest BCUT2D eigenvalue weighted by molar-refractivity contribution is -0.137. The number of nitrogens with zero attached hydrogens (tertiary/aromatic N) is 2. The second-order valence-corrected chi connectivity index (χ2v) is 5.46. The number of carbonyl (C=O) groups is 2. The van der Waals surface area contributed by atoms with Crippen molar-refractivity contribution in [2.24, 2.45) is 5.92 Å². The molecule has 0 aromatic rings. The molecule has 0 radical (unpaired) electrons. The Kier molecular flexibility index (Phi) is 4.63. The van der Waals surface area contributed by atoms with Gasteiger partial charge in [0.1, 0.15) is 0 Å². The van der Waals surface area contributed by atoms with Gasteiger partial charge in [0.25, 0.3) is 0 Å². The fraction of sp³-hybridized carbons (Fsp3) is 0.846. The summed E-state index contributed by atoms with van der Waals surface area (Å²) < 4.78 is 0. The van der Waals surface area contributed by atoms with Crippen molar-refractivity contribution in [3.05, 3.63) is 0 Å². The van der Waals surface area contributed by atoms with E-state index in [0.717, 1.165) is 25.7 Å². The van der Waals surface area contributed by atoms with Crippen LogP contribution in [-0.4, -0.2) is 64.3 Å². The molecule has 19 heavy (non-hydrogen) atoms. The fourth-order valence-corrected chi connectivity index (χ4v) is 2.53. The molecule has 1 saturated heterocycles. The summed E-state index contributed by atoms with van der Waals surface area (Å²) in [5.41, 5.74) is 0. The summed E-state index contributed by atoms with van der Waals surface area (Å²) in [6.07, 6.45) is 3.64. The van der Waals surface area contributed by atoms with Crippen molar-refractivity contribution in [3.63, 3.8) is 0 Å². The molecule has 1 heterocycles. The van der Waals surface area contributed by atoms with Gasteiger partial charge in [-0.1, -0.05) is 0 Å². The number of carboxylic acids is 1. The van der Waals surface area contributed by atoms with Crippen molar-refractivity contribution in [2.75, 3.05) is 26.2 Å². The van der Waals surface area contributed by atoms with E-state index in [0.29, 0.717) is 25.6 Å². The molecule has 2 N–H and O–H groups in total. The smallest absolute Gasteiger partial charge is 0.320 e. The molecule has 2 fully saturated rings. The van der Waals surface area contributed by atoms with Gasteiger partial charge < -0.3 is 20.0 Å². The van der Waals surface area contributed by atoms with Crippen LogP contribution in [0.1, 0.15) is 32.1 Å². The van der Waals surface area contributed by atoms with Crippen LogP contribution >= 0.6 is 0 Å². The zero-order valence-electron chi connectivity index (χ0n) is 11.1. The Morgan fingerprint density at radius 3 is 2.26 bits per heavy atom. The minimum Gasteiger partial charge on any atom is -0.481 e. The summed E-state index contributed by atoms with van der Waals surface area (Å²) in [5, 5.41) is 17.8. The molecule has 0 unspecified atom stereocenters. The van der Waals surface area contributed by atoms with E-state index in [1.807, 2.05) is 0 Å². The third kappa shape index (κ3) is 3.83. The van der Waals surface area contributed by atoms with Crippen LogP contribution in [0.5, 0.6) is 0 Å². The van der Waals surface area contributed by atoms with Gasteiger partial charge in [-0.25, -0.2) is 4.79 Å². The number of aliphatic hydroxyl groups excluding tert-OH is 1. The number of likely N-dealkylation sites (tertiary alicyclic amines) is 1. The third-order valence-electron chi connectivity index (χ3n) is 3.94. The third-order valence-corrected chi connectivity index (χ3v) is 3.94. The molecule has 0 aromatic carbocycles. The predicted octanol–water partition coefficient (Wildman–Crippen LogP) is 0.750. The number of aliphatic carboxylic acids is 1. The number of piperidine rings is 1. The molecule has 0 spiro atoms. The number of rotatable bonds is 5. The Morgan fingerprint density at radius 1 is 1.16 bits per heavy atom. The molecular weight excluding hydrogens is 248 g/mol. The molecule has 0 bridgehead atoms. The molecule has 1 aliphatic carbocycles. The van der Waals surface area contributed by atoms with Gasteiger partial charge in [-0.15, -0.1) is 0 Å². The van der Waals surface area contributed by atoms with Crippen LogP contribution in [-0.2, 0) is 4.79 Å². The standard InChI is InChI=1S/C13H22N2O4/c16-9-10-3-6-14(7-4-10)13(19)15(11-1-2-11)8-5-12(17)18/h10-11,16H,1-9H2,(H,17,18). The lowest BCUT2D eigenvalue weighted by atomic mass is 9.98. The van der Waals surface area contributed by atoms with Crippen molar-refractivity contribution < 1.29 is 19.8 Å². The minimum atomic E-state index is -0.863. The number of urea groups is 1. The maximum atomic E-state index is 12.4. The highest BCUT2D eigenvalue weighted by molar-refractivity contribution is 5.76. The Morgan fingerprint density at radius 2 is 1.79 bits per heavy atom. The molecule has 108 valence electrons. The van der Waals surface area contributed by atoms with Gasteiger partial charge in [0, 0.05) is 32.3 Å². The molecule has 6 nitrogen and oxygen atoms in total. The van der Waals surface area contributed by atoms with E-state index in [9.17, 15) is 9.59 Å². The van der Waals surface area contributed by atoms with Crippen molar-refractivity contribution in [1.29, 1.82) is 0 Å². The van der Waals surface area contributed by atoms with Crippen molar-refractivity contribution >= 4 is 12.0 Å². The van der Waals surface area contributed by atoms with Crippen molar-refractivity contribution in [2.45, 2.75) is 38.1 Å². The number of hydrogen-bond donors (Lipinski definition) is 2. The van der Waals surface area contributed by atoms with Gasteiger partial charge in [0.2, 0.25) is 0 Å². The van der Waals surface area contributed by atoms with E-state index in [-0.39, 0.29) is 25.1 Å². The molecule has 2 rings (SSSR count). The second kappa shape index (κ2) is 6.23. The number of carboxylic acid groups (broad SMARTS) is 1. The Hall–Kier alpha value is -1.30. The molecule has 2 amide bonds. The van der Waals surface area contributed by atoms with Crippen LogP contribution < -0.4 is 0 Å². The lowest BCUT2D eigenvalue weighted by Crippen LogP contribution is -2.48. The van der Waals surface area contributed by atoms with E-state index in [4.69, 9.17) is 10.2 Å². The summed E-state index contributed by atoms with van der Waals surface area (Å²) >= 11 is 0. The minimum absolute atomic E-state index is 0.00927. The molecule has 6 heteroatoms. The van der Waals surface area contributed by atoms with Gasteiger partial charge in [-0.3, -0.25) is 4.79 Å². The van der Waals surface area contributed by atoms with Crippen molar-refractivity contribution in [1.82, 2.24) is 9.80 Å². The highest BCUT2D eigenvalue weighted by atomic mass is 16.4. The summed E-state index contributed by atoms with van der Waals surface area (Å²) in [7, 11) is 0. The topological polar surface area (TPSA) is 81.1 Å². The maximum Gasteiger partial charge on any atom is 0.320 e. The van der Waals surface area contributed by atoms with Gasteiger partial charge in [-0.2, -0.15) is 0 Å². The van der Waals surface area contributed by atoms with Gasteiger partial charge in [0.05, 0.1) is 6.42 Å². The highest BCUT2D eigenvalue weighted by Crippen LogP contribution is 2.29. The Balaban J connectivity index is 1.86. The molecule has 0 atom stereocenters. The van der Waals surface area contributed by atoms with Crippen LogP contribution in [0.15, 0.2) is 0 Å². The number of carbonyl (C=O) groups excluding carboxylic acids is 1. The fourth-order valence-electron chi connectivity index (χ4n) is 2.53. The average molecular weight is 270 g/mol. The van der Waals surface area contributed by atoms with E-state index < -0.39 is 5.97 Å². The average Bonchev–Trinajstić information content (AvgIpc) is 3.23. The summed E-state index contributed by atoms with van der Waals surface area (Å²) in [6, 6.07) is 0.211. The van der Waals surface area contributed by atoms with Crippen LogP contribution in [0.4, 0.5) is 4.79 Å². The molecule has 1 aliphatic heterocycles. The first-order valence-electron chi connectivity index (χ1n) is 7.00. The largest absolute Gasteiger partial charge is 0.481 e. The molecular formula is C13H22N2O4. The van der Waals surface area contributed by atoms with Crippen LogP contribution in [0.25, 0.3) is 0 Å². The zero-order chi connectivity index (χ0) is 13.8. The lowest BCUT2D eigenvalue weighted by Gasteiger charge is -2.35. The monoisotopic (exact) mass is 270 g/mol. The summed E-state index contributed by atoms with van der Waals surface area (Å²) in [6.45, 7) is 1.83. The number of hydrogen-bond acceptors (Lipinski definition) is 3. The van der Waals surface area contributed by atoms with Crippen LogP contribution in [0, 0.1) is 5.92 Å². The zero-order valence-corrected chi connectivity index (χ0v) is 11.1. The quantitative estimate of drug-likeness (QED) is 0.772. The Bertz CT molecular complexity index is 336. The van der Waals surface area contributed by atoms with Crippen molar-refractivity contribution in [3.8, 4) is 0 Å². The Labute approximate surface area is 113 Å². The van der Waals surface area contributed by atoms with Crippen LogP contribution in [0.2, 0.25) is 0 Å². The SMILES string of the molecule is O=C(O)CCN(C(=O)N1CCC(CO)CC1)C1CC1. The normalized spacial score (nSPS) is 20.4. The molecule has 1 saturated carbocycles. The number of amides is 2. The predicted molar refractivity (Wildman–Crippen MR) is 68.8 cm³/mol. The number of aliphatic hydroxyl groups is 1. The van der Waals surface area contributed by atoms with Gasteiger partial charge in [0.15, 0.2) is 0 Å². The van der Waals surface area contributed by atoms with E-state index in [2.05, 4.69) is 0 Å². The first-order valence-corrected chi connectivity index (χ1v) is 7.00. The summed E-state index contributed by atoms with van der Waals surface area (Å²) in [4.78, 5) is 26.5. The van der Waals surface area contributed by atoms with E-state index in [1.165, 1.54) is 0 Å². The highest BCUT2D eigenvalue weighted by Gasteiger charge is 2.35. The van der Waals surface area contributed by atoms with Crippen LogP contribution in [0.3, 0.4) is 0 Å². The second-order valence-electron chi connectivity index (χ2n) is 5.46. The maximum absolute atomic E-state index is 12.4. The molecule has 2 aliphatic rings. The first kappa shape index (κ1) is 14.1. The summed E-state index contributed by atoms with van der Waals surface area (Å²) in [5.74, 6) is -0.560. The van der Waals surface area contributed by atoms with E-state index >= 15 is 0 Å². The first-order chi connectivity index (χ1) is 9.11. The molecule has 0 aromatic heterocycles. The van der Waals surface area contributed by atoms with Gasteiger partial charge in [-0.05, 0) is 31.6 Å².